The molecule has 0 aliphatic rings. The Balaban J connectivity index is 2.55. The minimum absolute atomic E-state index is 0.144. The Morgan fingerprint density at radius 3 is 2.67 bits per heavy atom. The molecular formula is C12H8N2O. The first-order valence-electron chi connectivity index (χ1n) is 4.49. The van der Waals surface area contributed by atoms with Crippen molar-refractivity contribution in [1.29, 1.82) is 5.26 Å². The molecule has 3 heteroatoms. The summed E-state index contributed by atoms with van der Waals surface area (Å²) in [5, 5.41) is 8.75. The van der Waals surface area contributed by atoms with E-state index in [-0.39, 0.29) is 5.56 Å². The van der Waals surface area contributed by atoms with E-state index >= 15 is 0 Å². The number of aromatic nitrogens is 1. The smallest absolute Gasteiger partial charge is 0.248 e. The number of rotatable bonds is 1. The number of nitrogens with one attached hydrogen (secondary N) is 1. The molecular weight excluding hydrogens is 188 g/mol. The van der Waals surface area contributed by atoms with Crippen LogP contribution in [0.15, 0.2) is 47.4 Å². The van der Waals surface area contributed by atoms with Gasteiger partial charge in [0, 0.05) is 12.3 Å². The molecule has 0 amide bonds. The monoisotopic (exact) mass is 196 g/mol. The first-order valence-corrected chi connectivity index (χ1v) is 4.49. The molecule has 0 saturated heterocycles. The zero-order chi connectivity index (χ0) is 10.7. The molecule has 0 atom stereocenters. The molecule has 2 rings (SSSR count). The van der Waals surface area contributed by atoms with E-state index in [0.29, 0.717) is 5.56 Å². The van der Waals surface area contributed by atoms with Crippen LogP contribution in [-0.2, 0) is 0 Å². The highest BCUT2D eigenvalue weighted by Gasteiger charge is 1.98. The van der Waals surface area contributed by atoms with E-state index in [2.05, 4.69) is 11.1 Å². The van der Waals surface area contributed by atoms with Crippen molar-refractivity contribution in [3.8, 4) is 17.2 Å². The number of pyridine rings is 1. The molecule has 1 aromatic carbocycles. The Kier molecular flexibility index (Phi) is 2.34. The molecule has 72 valence electrons. The van der Waals surface area contributed by atoms with Gasteiger partial charge < -0.3 is 4.98 Å². The van der Waals surface area contributed by atoms with Gasteiger partial charge in [-0.2, -0.15) is 5.26 Å². The fraction of sp³-hybridized carbons (Fsp3) is 0. The number of H-pyrrole nitrogens is 1. The van der Waals surface area contributed by atoms with E-state index in [1.165, 1.54) is 6.07 Å². The zero-order valence-corrected chi connectivity index (χ0v) is 7.90. The van der Waals surface area contributed by atoms with E-state index in [9.17, 15) is 4.79 Å². The number of aromatic amines is 1. The fourth-order valence-corrected chi connectivity index (χ4v) is 1.39. The van der Waals surface area contributed by atoms with Crippen molar-refractivity contribution in [2.45, 2.75) is 0 Å². The van der Waals surface area contributed by atoms with Crippen LogP contribution in [-0.4, -0.2) is 4.98 Å². The van der Waals surface area contributed by atoms with Gasteiger partial charge >= 0.3 is 0 Å². The van der Waals surface area contributed by atoms with Gasteiger partial charge in [0.2, 0.25) is 5.56 Å². The van der Waals surface area contributed by atoms with Gasteiger partial charge in [-0.25, -0.2) is 0 Å². The standard InChI is InChI=1S/C12H8N2O/c13-8-9-2-1-3-10(6-9)11-4-5-14-12(15)7-11/h1-7H,(H,14,15). The van der Waals surface area contributed by atoms with Crippen LogP contribution in [0.1, 0.15) is 5.56 Å². The molecule has 0 aliphatic heterocycles. The number of benzene rings is 1. The molecule has 0 radical (unpaired) electrons. The van der Waals surface area contributed by atoms with E-state index in [1.54, 1.807) is 30.5 Å². The van der Waals surface area contributed by atoms with Gasteiger partial charge in [-0.15, -0.1) is 0 Å². The summed E-state index contributed by atoms with van der Waals surface area (Å²) in [7, 11) is 0. The van der Waals surface area contributed by atoms with Crippen molar-refractivity contribution < 1.29 is 0 Å². The van der Waals surface area contributed by atoms with Gasteiger partial charge in [0.1, 0.15) is 0 Å². The maximum atomic E-state index is 11.1. The molecule has 0 spiro atoms. The maximum Gasteiger partial charge on any atom is 0.248 e. The predicted octanol–water partition coefficient (Wildman–Crippen LogP) is 1.91. The van der Waals surface area contributed by atoms with Crippen LogP contribution >= 0.6 is 0 Å². The van der Waals surface area contributed by atoms with Crippen LogP contribution in [0, 0.1) is 11.3 Å². The molecule has 1 N–H and O–H groups in total. The molecule has 0 unspecified atom stereocenters. The summed E-state index contributed by atoms with van der Waals surface area (Å²) in [5.74, 6) is 0. The zero-order valence-electron chi connectivity index (χ0n) is 7.90. The van der Waals surface area contributed by atoms with Gasteiger partial charge in [-0.3, -0.25) is 4.79 Å². The molecule has 0 aliphatic carbocycles. The van der Waals surface area contributed by atoms with Crippen LogP contribution in [0.4, 0.5) is 0 Å². The van der Waals surface area contributed by atoms with Gasteiger partial charge in [-0.05, 0) is 29.3 Å². The van der Waals surface area contributed by atoms with Crippen molar-refractivity contribution in [2.75, 3.05) is 0 Å². The van der Waals surface area contributed by atoms with Gasteiger partial charge in [0.05, 0.1) is 11.6 Å². The molecule has 1 aromatic heterocycles. The quantitative estimate of drug-likeness (QED) is 0.757. The van der Waals surface area contributed by atoms with Crippen molar-refractivity contribution >= 4 is 0 Å². The van der Waals surface area contributed by atoms with Crippen molar-refractivity contribution in [3.05, 3.63) is 58.5 Å². The van der Waals surface area contributed by atoms with E-state index in [4.69, 9.17) is 5.26 Å². The Bertz CT molecular complexity index is 578. The lowest BCUT2D eigenvalue weighted by atomic mass is 10.1. The van der Waals surface area contributed by atoms with Gasteiger partial charge in [0.15, 0.2) is 0 Å². The molecule has 15 heavy (non-hydrogen) atoms. The fourth-order valence-electron chi connectivity index (χ4n) is 1.39. The van der Waals surface area contributed by atoms with Crippen molar-refractivity contribution in [3.63, 3.8) is 0 Å². The van der Waals surface area contributed by atoms with E-state index in [1.807, 2.05) is 6.07 Å². The van der Waals surface area contributed by atoms with Gasteiger partial charge in [-0.1, -0.05) is 12.1 Å². The SMILES string of the molecule is N#Cc1cccc(-c2cc[nH]c(=O)c2)c1. The topological polar surface area (TPSA) is 56.6 Å². The van der Waals surface area contributed by atoms with Crippen molar-refractivity contribution in [2.24, 2.45) is 0 Å². The van der Waals surface area contributed by atoms with Crippen LogP contribution < -0.4 is 5.56 Å². The second-order valence-electron chi connectivity index (χ2n) is 3.13. The second-order valence-corrected chi connectivity index (χ2v) is 3.13. The van der Waals surface area contributed by atoms with Gasteiger partial charge in [0.25, 0.3) is 0 Å². The lowest BCUT2D eigenvalue weighted by molar-refractivity contribution is 1.24. The number of hydrogen-bond donors (Lipinski definition) is 1. The van der Waals surface area contributed by atoms with Crippen LogP contribution in [0.3, 0.4) is 0 Å². The van der Waals surface area contributed by atoms with Crippen LogP contribution in [0.2, 0.25) is 0 Å². The van der Waals surface area contributed by atoms with Crippen molar-refractivity contribution in [1.82, 2.24) is 4.98 Å². The third-order valence-electron chi connectivity index (χ3n) is 2.10. The Hall–Kier alpha value is -2.34. The highest BCUT2D eigenvalue weighted by molar-refractivity contribution is 5.64. The minimum Gasteiger partial charge on any atom is -0.329 e. The van der Waals surface area contributed by atoms with E-state index < -0.39 is 0 Å². The third-order valence-corrected chi connectivity index (χ3v) is 2.10. The minimum atomic E-state index is -0.144. The Labute approximate surface area is 86.6 Å². The molecule has 1 heterocycles. The largest absolute Gasteiger partial charge is 0.329 e. The average Bonchev–Trinajstić information content (AvgIpc) is 2.29. The second kappa shape index (κ2) is 3.81. The number of nitriles is 1. The summed E-state index contributed by atoms with van der Waals surface area (Å²) in [4.78, 5) is 13.6. The Morgan fingerprint density at radius 2 is 1.93 bits per heavy atom. The normalized spacial score (nSPS) is 9.53. The van der Waals surface area contributed by atoms with Crippen LogP contribution in [0.5, 0.6) is 0 Å². The first-order chi connectivity index (χ1) is 7.29. The average molecular weight is 196 g/mol. The molecule has 0 bridgehead atoms. The summed E-state index contributed by atoms with van der Waals surface area (Å²) in [6.07, 6.45) is 1.59. The number of nitrogens with zero attached hydrogens (tertiary/aromatic N) is 1. The summed E-state index contributed by atoms with van der Waals surface area (Å²) in [6, 6.07) is 12.5. The predicted molar refractivity (Wildman–Crippen MR) is 57.2 cm³/mol. The molecule has 2 aromatic rings. The molecule has 3 nitrogen and oxygen atoms in total. The lowest BCUT2D eigenvalue weighted by Crippen LogP contribution is -2.01. The highest BCUT2D eigenvalue weighted by atomic mass is 16.1. The van der Waals surface area contributed by atoms with E-state index in [0.717, 1.165) is 11.1 Å². The highest BCUT2D eigenvalue weighted by Crippen LogP contribution is 2.17. The van der Waals surface area contributed by atoms with Crippen LogP contribution in [0.25, 0.3) is 11.1 Å². The first kappa shape index (κ1) is 9.22. The summed E-state index contributed by atoms with van der Waals surface area (Å²) < 4.78 is 0. The third kappa shape index (κ3) is 1.94. The summed E-state index contributed by atoms with van der Waals surface area (Å²) >= 11 is 0. The summed E-state index contributed by atoms with van der Waals surface area (Å²) in [5.41, 5.74) is 2.14. The number of hydrogen-bond acceptors (Lipinski definition) is 2. The Morgan fingerprint density at radius 1 is 1.13 bits per heavy atom. The lowest BCUT2D eigenvalue weighted by Gasteiger charge is -2.00. The molecule has 0 fully saturated rings. The molecule has 0 saturated carbocycles. The summed E-state index contributed by atoms with van der Waals surface area (Å²) in [6.45, 7) is 0. The maximum absolute atomic E-state index is 11.1.